The van der Waals surface area contributed by atoms with Crippen molar-refractivity contribution in [3.8, 4) is 6.07 Å². The van der Waals surface area contributed by atoms with Crippen LogP contribution in [0.1, 0.15) is 42.5 Å². The van der Waals surface area contributed by atoms with Crippen LogP contribution in [0.25, 0.3) is 0 Å². The molecule has 0 radical (unpaired) electrons. The van der Waals surface area contributed by atoms with Gasteiger partial charge in [-0.3, -0.25) is 0 Å². The molecule has 2 rings (SSSR count). The molecule has 0 unspecified atom stereocenters. The van der Waals surface area contributed by atoms with Crippen molar-refractivity contribution in [3.63, 3.8) is 0 Å². The van der Waals surface area contributed by atoms with Crippen molar-refractivity contribution in [1.82, 2.24) is 4.31 Å². The number of nitriles is 1. The molecule has 7 heteroatoms. The molecule has 0 saturated carbocycles. The van der Waals surface area contributed by atoms with Crippen LogP contribution in [0.4, 0.5) is 0 Å². The number of rotatable bonds is 6. The number of carbonyl (C=O) groups is 1. The number of piperidine rings is 1. The number of esters is 1. The molecule has 1 heterocycles. The average molecular weight is 336 g/mol. The van der Waals surface area contributed by atoms with Crippen LogP contribution in [0.3, 0.4) is 0 Å². The minimum absolute atomic E-state index is 0.181. The lowest BCUT2D eigenvalue weighted by Crippen LogP contribution is -2.35. The van der Waals surface area contributed by atoms with E-state index in [2.05, 4.69) is 0 Å². The molecule has 1 saturated heterocycles. The lowest BCUT2D eigenvalue weighted by molar-refractivity contribution is 0.0501. The molecular formula is C16H20N2O4S. The first-order chi connectivity index (χ1) is 11.1. The van der Waals surface area contributed by atoms with Gasteiger partial charge in [-0.25, -0.2) is 13.2 Å². The summed E-state index contributed by atoms with van der Waals surface area (Å²) in [4.78, 5) is 12.0. The van der Waals surface area contributed by atoms with Gasteiger partial charge in [0.05, 0.1) is 23.1 Å². The van der Waals surface area contributed by atoms with Crippen molar-refractivity contribution in [1.29, 1.82) is 5.26 Å². The van der Waals surface area contributed by atoms with Gasteiger partial charge >= 0.3 is 5.97 Å². The highest BCUT2D eigenvalue weighted by atomic mass is 32.2. The van der Waals surface area contributed by atoms with E-state index in [9.17, 15) is 13.2 Å². The summed E-state index contributed by atoms with van der Waals surface area (Å²) in [6, 6.07) is 7.78. The minimum atomic E-state index is -3.48. The summed E-state index contributed by atoms with van der Waals surface area (Å²) in [6.45, 7) is 1.27. The number of ether oxygens (including phenoxy) is 1. The summed E-state index contributed by atoms with van der Waals surface area (Å²) >= 11 is 0. The Balaban J connectivity index is 2.01. The lowest BCUT2D eigenvalue weighted by Gasteiger charge is -2.25. The fourth-order valence-electron chi connectivity index (χ4n) is 2.42. The molecular weight excluding hydrogens is 316 g/mol. The highest BCUT2D eigenvalue weighted by Gasteiger charge is 2.25. The predicted octanol–water partition coefficient (Wildman–Crippen LogP) is 2.32. The van der Waals surface area contributed by atoms with E-state index in [1.807, 2.05) is 6.07 Å². The fourth-order valence-corrected chi connectivity index (χ4v) is 3.93. The first kappa shape index (κ1) is 17.4. The van der Waals surface area contributed by atoms with Crippen molar-refractivity contribution in [3.05, 3.63) is 29.8 Å². The van der Waals surface area contributed by atoms with Gasteiger partial charge in [-0.05, 0) is 43.5 Å². The van der Waals surface area contributed by atoms with Crippen LogP contribution in [-0.2, 0) is 14.8 Å². The second kappa shape index (κ2) is 8.09. The van der Waals surface area contributed by atoms with E-state index >= 15 is 0 Å². The van der Waals surface area contributed by atoms with E-state index in [1.54, 1.807) is 0 Å². The summed E-state index contributed by atoms with van der Waals surface area (Å²) in [5.41, 5.74) is 0.305. The molecule has 0 spiro atoms. The maximum absolute atomic E-state index is 12.5. The van der Waals surface area contributed by atoms with E-state index < -0.39 is 16.0 Å². The third kappa shape index (κ3) is 4.53. The Bertz CT molecular complexity index is 671. The summed E-state index contributed by atoms with van der Waals surface area (Å²) < 4.78 is 31.5. The fraction of sp³-hybridized carbons (Fsp3) is 0.500. The lowest BCUT2D eigenvalue weighted by atomic mass is 10.2. The Kier molecular flexibility index (Phi) is 6.13. The van der Waals surface area contributed by atoms with Crippen LogP contribution in [0.5, 0.6) is 0 Å². The largest absolute Gasteiger partial charge is 0.462 e. The van der Waals surface area contributed by atoms with Gasteiger partial charge in [0.1, 0.15) is 0 Å². The molecule has 0 amide bonds. The van der Waals surface area contributed by atoms with Crippen molar-refractivity contribution < 1.29 is 17.9 Å². The molecule has 0 aromatic heterocycles. The van der Waals surface area contributed by atoms with Gasteiger partial charge < -0.3 is 4.74 Å². The van der Waals surface area contributed by atoms with Crippen molar-refractivity contribution >= 4 is 16.0 Å². The van der Waals surface area contributed by atoms with E-state index in [4.69, 9.17) is 10.00 Å². The third-order valence-electron chi connectivity index (χ3n) is 3.71. The second-order valence-corrected chi connectivity index (χ2v) is 7.32. The Morgan fingerprint density at radius 3 is 2.43 bits per heavy atom. The van der Waals surface area contributed by atoms with Crippen LogP contribution >= 0.6 is 0 Å². The second-order valence-electron chi connectivity index (χ2n) is 5.39. The van der Waals surface area contributed by atoms with Crippen molar-refractivity contribution in [2.75, 3.05) is 19.7 Å². The Hall–Kier alpha value is -1.91. The number of nitrogens with zero attached hydrogens (tertiary/aromatic N) is 2. The third-order valence-corrected chi connectivity index (χ3v) is 5.62. The topological polar surface area (TPSA) is 87.5 Å². The first-order valence-electron chi connectivity index (χ1n) is 7.70. The van der Waals surface area contributed by atoms with Crippen LogP contribution in [-0.4, -0.2) is 38.4 Å². The van der Waals surface area contributed by atoms with Crippen LogP contribution in [0, 0.1) is 11.3 Å². The number of benzene rings is 1. The zero-order valence-corrected chi connectivity index (χ0v) is 13.7. The molecule has 0 N–H and O–H groups in total. The molecule has 1 fully saturated rings. The molecule has 0 bridgehead atoms. The minimum Gasteiger partial charge on any atom is -0.462 e. The van der Waals surface area contributed by atoms with Gasteiger partial charge in [0.2, 0.25) is 10.0 Å². The van der Waals surface area contributed by atoms with E-state index in [-0.39, 0.29) is 11.5 Å². The first-order valence-corrected chi connectivity index (χ1v) is 9.14. The Morgan fingerprint density at radius 1 is 1.17 bits per heavy atom. The molecule has 1 aromatic rings. The molecule has 124 valence electrons. The molecule has 23 heavy (non-hydrogen) atoms. The number of carbonyl (C=O) groups excluding carboxylic acids is 1. The maximum Gasteiger partial charge on any atom is 0.338 e. The summed E-state index contributed by atoms with van der Waals surface area (Å²) in [5.74, 6) is -0.509. The smallest absolute Gasteiger partial charge is 0.338 e. The predicted molar refractivity (Wildman–Crippen MR) is 84.2 cm³/mol. The summed E-state index contributed by atoms with van der Waals surface area (Å²) in [7, 11) is -3.48. The highest BCUT2D eigenvalue weighted by molar-refractivity contribution is 7.89. The van der Waals surface area contributed by atoms with Crippen LogP contribution < -0.4 is 0 Å². The van der Waals surface area contributed by atoms with E-state index in [1.165, 1.54) is 28.6 Å². The molecule has 0 atom stereocenters. The van der Waals surface area contributed by atoms with Crippen LogP contribution in [0.15, 0.2) is 29.2 Å². The number of sulfonamides is 1. The maximum atomic E-state index is 12.5. The van der Waals surface area contributed by atoms with Gasteiger partial charge in [-0.2, -0.15) is 9.57 Å². The van der Waals surface area contributed by atoms with Crippen molar-refractivity contribution in [2.45, 2.75) is 37.0 Å². The van der Waals surface area contributed by atoms with E-state index in [0.29, 0.717) is 31.5 Å². The summed E-state index contributed by atoms with van der Waals surface area (Å²) in [6.07, 6.45) is 3.64. The quantitative estimate of drug-likeness (QED) is 0.587. The SMILES string of the molecule is N#CCCCOC(=O)c1ccc(S(=O)(=O)N2CCCCC2)cc1. The zero-order valence-electron chi connectivity index (χ0n) is 12.9. The Labute approximate surface area is 136 Å². The molecule has 1 aliphatic heterocycles. The highest BCUT2D eigenvalue weighted by Crippen LogP contribution is 2.21. The van der Waals surface area contributed by atoms with Gasteiger partial charge in [0, 0.05) is 19.5 Å². The van der Waals surface area contributed by atoms with Crippen LogP contribution in [0.2, 0.25) is 0 Å². The molecule has 0 aliphatic carbocycles. The van der Waals surface area contributed by atoms with Gasteiger partial charge in [-0.15, -0.1) is 0 Å². The summed E-state index contributed by atoms with van der Waals surface area (Å²) in [5, 5.41) is 8.41. The van der Waals surface area contributed by atoms with Gasteiger partial charge in [0.25, 0.3) is 0 Å². The number of hydrogen-bond acceptors (Lipinski definition) is 5. The zero-order chi connectivity index (χ0) is 16.7. The molecule has 1 aromatic carbocycles. The molecule has 1 aliphatic rings. The number of unbranched alkanes of at least 4 members (excludes halogenated alkanes) is 1. The van der Waals surface area contributed by atoms with Gasteiger partial charge in [-0.1, -0.05) is 6.42 Å². The standard InChI is InChI=1S/C16H20N2O4S/c17-10-2-5-13-22-16(19)14-6-8-15(9-7-14)23(20,21)18-11-3-1-4-12-18/h6-9H,1-5,11-13H2. The normalized spacial score (nSPS) is 15.8. The Morgan fingerprint density at radius 2 is 1.83 bits per heavy atom. The monoisotopic (exact) mass is 336 g/mol. The molecule has 6 nitrogen and oxygen atoms in total. The average Bonchev–Trinajstić information content (AvgIpc) is 2.59. The van der Waals surface area contributed by atoms with E-state index in [0.717, 1.165) is 19.3 Å². The van der Waals surface area contributed by atoms with Crippen molar-refractivity contribution in [2.24, 2.45) is 0 Å². The number of hydrogen-bond donors (Lipinski definition) is 0. The van der Waals surface area contributed by atoms with Gasteiger partial charge in [0.15, 0.2) is 0 Å².